The fourth-order valence-electron chi connectivity index (χ4n) is 3.34. The van der Waals surface area contributed by atoms with Crippen LogP contribution in [0, 0.1) is 6.92 Å². The molecule has 0 saturated carbocycles. The standard InChI is InChI=1S/C21H27N3OS/c1-16-5-9-18(10-6-16)23-21(26)22-15-20(24-13-3-4-14-24)17-7-11-19(25-2)12-8-17/h5-12,20H,3-4,13-15H2,1-2H3,(H2,22,23,26). The van der Waals surface area contributed by atoms with Gasteiger partial charge in [0, 0.05) is 12.2 Å². The molecule has 138 valence electrons. The molecule has 2 N–H and O–H groups in total. The molecule has 0 bridgehead atoms. The second-order valence-corrected chi connectivity index (χ2v) is 7.14. The van der Waals surface area contributed by atoms with Crippen LogP contribution < -0.4 is 15.4 Å². The number of likely N-dealkylation sites (tertiary alicyclic amines) is 1. The number of aryl methyl sites for hydroxylation is 1. The largest absolute Gasteiger partial charge is 0.497 e. The summed E-state index contributed by atoms with van der Waals surface area (Å²) in [5, 5.41) is 7.32. The molecule has 2 aromatic carbocycles. The fourth-order valence-corrected chi connectivity index (χ4v) is 3.54. The molecule has 0 aromatic heterocycles. The normalized spacial score (nSPS) is 15.5. The van der Waals surface area contributed by atoms with Gasteiger partial charge in [0.1, 0.15) is 5.75 Å². The molecule has 1 fully saturated rings. The number of nitrogens with one attached hydrogen (secondary N) is 2. The first-order valence-corrected chi connectivity index (χ1v) is 9.56. The highest BCUT2D eigenvalue weighted by atomic mass is 32.1. The third-order valence-corrected chi connectivity index (χ3v) is 5.09. The summed E-state index contributed by atoms with van der Waals surface area (Å²) in [5.41, 5.74) is 3.54. The summed E-state index contributed by atoms with van der Waals surface area (Å²) in [6, 6.07) is 16.9. The SMILES string of the molecule is COc1ccc(C(CNC(=S)Nc2ccc(C)cc2)N2CCCC2)cc1. The minimum atomic E-state index is 0.307. The maximum Gasteiger partial charge on any atom is 0.170 e. The van der Waals surface area contributed by atoms with Crippen molar-refractivity contribution in [3.63, 3.8) is 0 Å². The minimum absolute atomic E-state index is 0.307. The molecule has 0 aliphatic carbocycles. The van der Waals surface area contributed by atoms with E-state index >= 15 is 0 Å². The molecule has 1 aliphatic heterocycles. The van der Waals surface area contributed by atoms with Crippen LogP contribution in [0.4, 0.5) is 5.69 Å². The Hall–Kier alpha value is -2.11. The smallest absolute Gasteiger partial charge is 0.170 e. The van der Waals surface area contributed by atoms with Gasteiger partial charge in [0.15, 0.2) is 5.11 Å². The van der Waals surface area contributed by atoms with E-state index in [0.717, 1.165) is 31.1 Å². The van der Waals surface area contributed by atoms with Crippen LogP contribution in [0.5, 0.6) is 5.75 Å². The average Bonchev–Trinajstić information content (AvgIpc) is 3.19. The molecule has 26 heavy (non-hydrogen) atoms. The number of nitrogens with zero attached hydrogens (tertiary/aromatic N) is 1. The molecule has 2 aromatic rings. The van der Waals surface area contributed by atoms with Crippen molar-refractivity contribution in [1.29, 1.82) is 0 Å². The molecule has 1 aliphatic rings. The minimum Gasteiger partial charge on any atom is -0.497 e. The van der Waals surface area contributed by atoms with Gasteiger partial charge in [0.05, 0.1) is 13.2 Å². The second-order valence-electron chi connectivity index (χ2n) is 6.73. The van der Waals surface area contributed by atoms with Crippen molar-refractivity contribution >= 4 is 23.0 Å². The summed E-state index contributed by atoms with van der Waals surface area (Å²) in [6.07, 6.45) is 2.53. The van der Waals surface area contributed by atoms with E-state index in [1.54, 1.807) is 7.11 Å². The van der Waals surface area contributed by atoms with Gasteiger partial charge >= 0.3 is 0 Å². The number of rotatable bonds is 6. The van der Waals surface area contributed by atoms with E-state index in [1.165, 1.54) is 24.0 Å². The van der Waals surface area contributed by atoms with Crippen molar-refractivity contribution in [1.82, 2.24) is 10.2 Å². The zero-order chi connectivity index (χ0) is 18.4. The number of hydrogen-bond donors (Lipinski definition) is 2. The van der Waals surface area contributed by atoms with Crippen LogP contribution in [0.2, 0.25) is 0 Å². The molecule has 1 saturated heterocycles. The predicted molar refractivity (Wildman–Crippen MR) is 112 cm³/mol. The number of anilines is 1. The maximum absolute atomic E-state index is 5.49. The molecule has 0 spiro atoms. The lowest BCUT2D eigenvalue weighted by molar-refractivity contribution is 0.246. The van der Waals surface area contributed by atoms with Gasteiger partial charge in [-0.2, -0.15) is 0 Å². The number of ether oxygens (including phenoxy) is 1. The molecule has 1 atom stereocenters. The first-order chi connectivity index (χ1) is 12.7. The Morgan fingerprint density at radius 1 is 1.08 bits per heavy atom. The van der Waals surface area contributed by atoms with Gasteiger partial charge in [-0.1, -0.05) is 29.8 Å². The summed E-state index contributed by atoms with van der Waals surface area (Å²) in [7, 11) is 1.70. The van der Waals surface area contributed by atoms with E-state index in [1.807, 2.05) is 24.3 Å². The highest BCUT2D eigenvalue weighted by Gasteiger charge is 2.23. The Morgan fingerprint density at radius 3 is 2.35 bits per heavy atom. The fraction of sp³-hybridized carbons (Fsp3) is 0.381. The molecular weight excluding hydrogens is 342 g/mol. The molecule has 4 nitrogen and oxygen atoms in total. The second kappa shape index (κ2) is 9.01. The lowest BCUT2D eigenvalue weighted by atomic mass is 10.1. The molecule has 5 heteroatoms. The van der Waals surface area contributed by atoms with E-state index < -0.39 is 0 Å². The number of hydrogen-bond acceptors (Lipinski definition) is 3. The average molecular weight is 370 g/mol. The summed E-state index contributed by atoms with van der Waals surface area (Å²) < 4.78 is 5.29. The van der Waals surface area contributed by atoms with Gasteiger partial charge < -0.3 is 15.4 Å². The van der Waals surface area contributed by atoms with Crippen LogP contribution >= 0.6 is 12.2 Å². The summed E-state index contributed by atoms with van der Waals surface area (Å²) in [6.45, 7) is 5.13. The summed E-state index contributed by atoms with van der Waals surface area (Å²) in [5.74, 6) is 0.887. The highest BCUT2D eigenvalue weighted by Crippen LogP contribution is 2.26. The topological polar surface area (TPSA) is 36.5 Å². The van der Waals surface area contributed by atoms with E-state index in [9.17, 15) is 0 Å². The first kappa shape index (κ1) is 18.7. The Labute approximate surface area is 161 Å². The Balaban J connectivity index is 1.63. The zero-order valence-electron chi connectivity index (χ0n) is 15.5. The van der Waals surface area contributed by atoms with Crippen LogP contribution in [0.1, 0.15) is 30.0 Å². The van der Waals surface area contributed by atoms with Crippen molar-refractivity contribution in [2.75, 3.05) is 32.1 Å². The highest BCUT2D eigenvalue weighted by molar-refractivity contribution is 7.80. The van der Waals surface area contributed by atoms with Gasteiger partial charge in [0.2, 0.25) is 0 Å². The Kier molecular flexibility index (Phi) is 6.47. The summed E-state index contributed by atoms with van der Waals surface area (Å²) >= 11 is 5.49. The summed E-state index contributed by atoms with van der Waals surface area (Å²) in [4.78, 5) is 2.53. The van der Waals surface area contributed by atoms with Crippen molar-refractivity contribution in [2.45, 2.75) is 25.8 Å². The third-order valence-electron chi connectivity index (χ3n) is 4.85. The van der Waals surface area contributed by atoms with Gasteiger partial charge in [-0.3, -0.25) is 4.90 Å². The molecule has 3 rings (SSSR count). The van der Waals surface area contributed by atoms with Crippen molar-refractivity contribution in [3.8, 4) is 5.75 Å². The Bertz CT molecular complexity index is 709. The zero-order valence-corrected chi connectivity index (χ0v) is 16.3. The van der Waals surface area contributed by atoms with E-state index in [-0.39, 0.29) is 0 Å². The lowest BCUT2D eigenvalue weighted by Crippen LogP contribution is -2.38. The third kappa shape index (κ3) is 4.96. The Morgan fingerprint density at radius 2 is 1.73 bits per heavy atom. The van der Waals surface area contributed by atoms with Gasteiger partial charge in [-0.15, -0.1) is 0 Å². The van der Waals surface area contributed by atoms with E-state index in [4.69, 9.17) is 17.0 Å². The van der Waals surface area contributed by atoms with E-state index in [2.05, 4.69) is 46.7 Å². The van der Waals surface area contributed by atoms with Crippen molar-refractivity contribution < 1.29 is 4.74 Å². The molecule has 1 heterocycles. The van der Waals surface area contributed by atoms with Crippen LogP contribution in [0.15, 0.2) is 48.5 Å². The van der Waals surface area contributed by atoms with Crippen LogP contribution in [-0.4, -0.2) is 36.8 Å². The lowest BCUT2D eigenvalue weighted by Gasteiger charge is -2.29. The van der Waals surface area contributed by atoms with Gasteiger partial charge in [-0.05, 0) is 74.9 Å². The number of methoxy groups -OCH3 is 1. The van der Waals surface area contributed by atoms with Crippen LogP contribution in [0.3, 0.4) is 0 Å². The first-order valence-electron chi connectivity index (χ1n) is 9.15. The monoisotopic (exact) mass is 369 g/mol. The predicted octanol–water partition coefficient (Wildman–Crippen LogP) is 4.13. The van der Waals surface area contributed by atoms with Crippen molar-refractivity contribution in [2.24, 2.45) is 0 Å². The molecule has 0 radical (unpaired) electrons. The molecule has 0 amide bonds. The molecule has 1 unspecified atom stereocenters. The van der Waals surface area contributed by atoms with Crippen LogP contribution in [-0.2, 0) is 0 Å². The van der Waals surface area contributed by atoms with Crippen LogP contribution in [0.25, 0.3) is 0 Å². The van der Waals surface area contributed by atoms with E-state index in [0.29, 0.717) is 11.2 Å². The van der Waals surface area contributed by atoms with Crippen molar-refractivity contribution in [3.05, 3.63) is 59.7 Å². The van der Waals surface area contributed by atoms with Gasteiger partial charge in [0.25, 0.3) is 0 Å². The quantitative estimate of drug-likeness (QED) is 0.749. The maximum atomic E-state index is 5.49. The number of benzene rings is 2. The van der Waals surface area contributed by atoms with Gasteiger partial charge in [-0.25, -0.2) is 0 Å². The number of thiocarbonyl (C=S) groups is 1. The molecular formula is C21H27N3OS.